The Morgan fingerprint density at radius 3 is 2.80 bits per heavy atom. The second-order valence-corrected chi connectivity index (χ2v) is 5.70. The molecule has 6 heteroatoms. The van der Waals surface area contributed by atoms with E-state index in [1.54, 1.807) is 6.07 Å². The highest BCUT2D eigenvalue weighted by molar-refractivity contribution is 7.14. The average Bonchev–Trinajstić information content (AvgIpc) is 2.99. The molecule has 0 fully saturated rings. The third-order valence-corrected chi connectivity index (χ3v) is 3.99. The Balaban J connectivity index is 2.16. The Hall–Kier alpha value is -1.82. The Bertz CT molecular complexity index is 616. The smallest absolute Gasteiger partial charge is 0.349 e. The summed E-state index contributed by atoms with van der Waals surface area (Å²) in [6.07, 6.45) is 0.873. The van der Waals surface area contributed by atoms with Gasteiger partial charge in [0.05, 0.1) is 11.4 Å². The zero-order chi connectivity index (χ0) is 14.7. The molecule has 0 aliphatic carbocycles. The van der Waals surface area contributed by atoms with Crippen LogP contribution in [0.1, 0.15) is 39.8 Å². The molecular weight excluding hydrogens is 276 g/mol. The lowest BCUT2D eigenvalue weighted by Gasteiger charge is -2.07. The van der Waals surface area contributed by atoms with E-state index in [4.69, 9.17) is 9.84 Å². The monoisotopic (exact) mass is 294 g/mol. The third-order valence-electron chi connectivity index (χ3n) is 2.97. The molecule has 0 spiro atoms. The van der Waals surface area contributed by atoms with Gasteiger partial charge in [0.25, 0.3) is 0 Å². The lowest BCUT2D eigenvalue weighted by atomic mass is 10.3. The van der Waals surface area contributed by atoms with Gasteiger partial charge < -0.3 is 9.84 Å². The molecule has 108 valence electrons. The first-order valence-corrected chi connectivity index (χ1v) is 7.38. The van der Waals surface area contributed by atoms with Crippen LogP contribution in [0.4, 0.5) is 0 Å². The van der Waals surface area contributed by atoms with Gasteiger partial charge in [-0.05, 0) is 32.4 Å². The van der Waals surface area contributed by atoms with Crippen LogP contribution in [0.5, 0.6) is 5.75 Å². The number of aromatic carboxylic acids is 1. The van der Waals surface area contributed by atoms with Gasteiger partial charge in [-0.2, -0.15) is 5.10 Å². The van der Waals surface area contributed by atoms with Gasteiger partial charge in [-0.1, -0.05) is 6.92 Å². The number of carboxylic acid groups (broad SMARTS) is 1. The highest BCUT2D eigenvalue weighted by Gasteiger charge is 2.16. The molecule has 2 heterocycles. The van der Waals surface area contributed by atoms with Crippen molar-refractivity contribution >= 4 is 17.3 Å². The Morgan fingerprint density at radius 1 is 1.45 bits per heavy atom. The van der Waals surface area contributed by atoms with Gasteiger partial charge in [0.2, 0.25) is 0 Å². The van der Waals surface area contributed by atoms with E-state index >= 15 is 0 Å². The maximum absolute atomic E-state index is 11.1. The minimum absolute atomic E-state index is 0.251. The van der Waals surface area contributed by atoms with Crippen LogP contribution in [0.15, 0.2) is 12.1 Å². The van der Waals surface area contributed by atoms with Crippen LogP contribution >= 0.6 is 11.3 Å². The second kappa shape index (κ2) is 6.09. The van der Waals surface area contributed by atoms with Crippen LogP contribution < -0.4 is 4.74 Å². The molecular formula is C14H18N2O3S. The lowest BCUT2D eigenvalue weighted by molar-refractivity contribution is 0.0697. The van der Waals surface area contributed by atoms with Gasteiger partial charge in [0.1, 0.15) is 12.4 Å². The summed E-state index contributed by atoms with van der Waals surface area (Å²) < 4.78 is 7.56. The van der Waals surface area contributed by atoms with E-state index in [9.17, 15) is 4.79 Å². The molecule has 0 bridgehead atoms. The molecule has 0 aliphatic rings. The first-order valence-electron chi connectivity index (χ1n) is 6.57. The van der Waals surface area contributed by atoms with Crippen LogP contribution in [-0.2, 0) is 19.6 Å². The average molecular weight is 294 g/mol. The number of rotatable bonds is 6. The summed E-state index contributed by atoms with van der Waals surface area (Å²) in [6.45, 7) is 7.05. The zero-order valence-corrected chi connectivity index (χ0v) is 12.7. The topological polar surface area (TPSA) is 64.3 Å². The van der Waals surface area contributed by atoms with Gasteiger partial charge in [0.15, 0.2) is 4.88 Å². The SMILES string of the molecule is CCc1cc(COc2cc(C)sc2C(=O)O)n(CC)n1. The molecule has 0 aliphatic heterocycles. The van der Waals surface area contributed by atoms with Gasteiger partial charge in [-0.25, -0.2) is 4.79 Å². The van der Waals surface area contributed by atoms with Crippen LogP contribution in [0.2, 0.25) is 0 Å². The van der Waals surface area contributed by atoms with E-state index in [2.05, 4.69) is 12.0 Å². The normalized spacial score (nSPS) is 10.8. The summed E-state index contributed by atoms with van der Waals surface area (Å²) in [7, 11) is 0. The van der Waals surface area contributed by atoms with Crippen molar-refractivity contribution in [2.45, 2.75) is 40.3 Å². The Labute approximate surface area is 121 Å². The number of thiophene rings is 1. The van der Waals surface area contributed by atoms with Crippen LogP contribution in [0.25, 0.3) is 0 Å². The van der Waals surface area contributed by atoms with Crippen molar-refractivity contribution in [3.8, 4) is 5.75 Å². The lowest BCUT2D eigenvalue weighted by Crippen LogP contribution is -2.07. The van der Waals surface area contributed by atoms with E-state index in [0.717, 1.165) is 29.2 Å². The summed E-state index contributed by atoms with van der Waals surface area (Å²) in [5, 5.41) is 13.6. The predicted molar refractivity (Wildman–Crippen MR) is 77.6 cm³/mol. The summed E-state index contributed by atoms with van der Waals surface area (Å²) in [6, 6.07) is 3.77. The summed E-state index contributed by atoms with van der Waals surface area (Å²) in [5.41, 5.74) is 1.98. The van der Waals surface area contributed by atoms with Crippen molar-refractivity contribution in [1.29, 1.82) is 0 Å². The fraction of sp³-hybridized carbons (Fsp3) is 0.429. The number of ether oxygens (including phenoxy) is 1. The van der Waals surface area contributed by atoms with E-state index < -0.39 is 5.97 Å². The molecule has 5 nitrogen and oxygen atoms in total. The third kappa shape index (κ3) is 3.01. The number of nitrogens with zero attached hydrogens (tertiary/aromatic N) is 2. The number of hydrogen-bond donors (Lipinski definition) is 1. The van der Waals surface area contributed by atoms with Crippen LogP contribution in [0, 0.1) is 6.92 Å². The number of aryl methyl sites for hydroxylation is 3. The molecule has 0 saturated heterocycles. The van der Waals surface area contributed by atoms with E-state index in [0.29, 0.717) is 12.4 Å². The fourth-order valence-electron chi connectivity index (χ4n) is 1.98. The van der Waals surface area contributed by atoms with Crippen molar-refractivity contribution in [3.63, 3.8) is 0 Å². The molecule has 0 radical (unpaired) electrons. The van der Waals surface area contributed by atoms with Crippen molar-refractivity contribution in [3.05, 3.63) is 33.3 Å². The van der Waals surface area contributed by atoms with Gasteiger partial charge in [-0.3, -0.25) is 4.68 Å². The number of hydrogen-bond acceptors (Lipinski definition) is 4. The maximum Gasteiger partial charge on any atom is 0.349 e. The van der Waals surface area contributed by atoms with Crippen molar-refractivity contribution in [2.75, 3.05) is 0 Å². The van der Waals surface area contributed by atoms with E-state index in [1.165, 1.54) is 11.3 Å². The Kier molecular flexibility index (Phi) is 4.44. The molecule has 2 aromatic rings. The first-order chi connectivity index (χ1) is 9.55. The highest BCUT2D eigenvalue weighted by Crippen LogP contribution is 2.29. The highest BCUT2D eigenvalue weighted by atomic mass is 32.1. The Morgan fingerprint density at radius 2 is 2.20 bits per heavy atom. The molecule has 0 saturated carbocycles. The molecule has 0 amide bonds. The molecule has 0 atom stereocenters. The van der Waals surface area contributed by atoms with Gasteiger partial charge >= 0.3 is 5.97 Å². The molecule has 2 aromatic heterocycles. The molecule has 1 N–H and O–H groups in total. The molecule has 0 aromatic carbocycles. The minimum atomic E-state index is -0.948. The van der Waals surface area contributed by atoms with Crippen molar-refractivity contribution in [1.82, 2.24) is 9.78 Å². The summed E-state index contributed by atoms with van der Waals surface area (Å²) in [5.74, 6) is -0.516. The van der Waals surface area contributed by atoms with Crippen LogP contribution in [0.3, 0.4) is 0 Å². The standard InChI is InChI=1S/C14H18N2O3S/c1-4-10-7-11(16(5-2)15-10)8-19-12-6-9(3)20-13(12)14(17)18/h6-7H,4-5,8H2,1-3H3,(H,17,18). The van der Waals surface area contributed by atoms with Crippen molar-refractivity contribution in [2.24, 2.45) is 0 Å². The molecule has 20 heavy (non-hydrogen) atoms. The van der Waals surface area contributed by atoms with Gasteiger partial charge in [-0.15, -0.1) is 11.3 Å². The largest absolute Gasteiger partial charge is 0.486 e. The first kappa shape index (κ1) is 14.6. The zero-order valence-electron chi connectivity index (χ0n) is 11.8. The van der Waals surface area contributed by atoms with Gasteiger partial charge in [0, 0.05) is 11.4 Å². The molecule has 0 unspecified atom stereocenters. The van der Waals surface area contributed by atoms with E-state index in [1.807, 2.05) is 24.6 Å². The second-order valence-electron chi connectivity index (χ2n) is 4.44. The number of carbonyl (C=O) groups is 1. The number of aromatic nitrogens is 2. The molecule has 2 rings (SSSR count). The van der Waals surface area contributed by atoms with Crippen molar-refractivity contribution < 1.29 is 14.6 Å². The van der Waals surface area contributed by atoms with Crippen LogP contribution in [-0.4, -0.2) is 20.9 Å². The summed E-state index contributed by atoms with van der Waals surface area (Å²) in [4.78, 5) is 12.3. The predicted octanol–water partition coefficient (Wildman–Crippen LogP) is 3.11. The fourth-order valence-corrected chi connectivity index (χ4v) is 2.77. The number of carboxylic acids is 1. The quantitative estimate of drug-likeness (QED) is 0.889. The minimum Gasteiger partial charge on any atom is -0.486 e. The maximum atomic E-state index is 11.1. The van der Waals surface area contributed by atoms with E-state index in [-0.39, 0.29) is 4.88 Å². The summed E-state index contributed by atoms with van der Waals surface area (Å²) >= 11 is 1.23.